The first-order valence-corrected chi connectivity index (χ1v) is 7.09. The molecule has 1 rings (SSSR count). The zero-order valence-electron chi connectivity index (χ0n) is 12.3. The molecule has 1 aliphatic rings. The van der Waals surface area contributed by atoms with Crippen LogP contribution in [0.3, 0.4) is 0 Å². The molecular weight excluding hydrogens is 239 g/mol. The van der Waals surface area contributed by atoms with Crippen LogP contribution in [0.2, 0.25) is 0 Å². The molecule has 2 atom stereocenters. The highest BCUT2D eigenvalue weighted by atomic mass is 19.1. The topological polar surface area (TPSA) is 17.1 Å². The van der Waals surface area contributed by atoms with Crippen LogP contribution in [-0.4, -0.2) is 5.78 Å². The van der Waals surface area contributed by atoms with Crippen molar-refractivity contribution in [3.05, 3.63) is 36.2 Å². The highest BCUT2D eigenvalue weighted by Gasteiger charge is 2.20. The summed E-state index contributed by atoms with van der Waals surface area (Å²) in [5.41, 5.74) is 1.06. The maximum Gasteiger partial charge on any atom is 0.133 e. The molecule has 0 saturated heterocycles. The molecule has 0 aromatic heterocycles. The van der Waals surface area contributed by atoms with Crippen molar-refractivity contribution >= 4 is 5.78 Å². The fraction of sp³-hybridized carbons (Fsp3) is 0.588. The molecule has 106 valence electrons. The first-order chi connectivity index (χ1) is 8.88. The van der Waals surface area contributed by atoms with E-state index in [0.29, 0.717) is 30.5 Å². The average Bonchev–Trinajstić information content (AvgIpc) is 2.29. The van der Waals surface area contributed by atoms with Gasteiger partial charge in [0.25, 0.3) is 0 Å². The van der Waals surface area contributed by atoms with E-state index in [2.05, 4.69) is 20.4 Å². The largest absolute Gasteiger partial charge is 0.300 e. The lowest BCUT2D eigenvalue weighted by atomic mass is 9.82. The van der Waals surface area contributed by atoms with Crippen LogP contribution in [0, 0.1) is 17.8 Å². The van der Waals surface area contributed by atoms with Crippen molar-refractivity contribution in [1.29, 1.82) is 0 Å². The number of hydrogen-bond donors (Lipinski definition) is 0. The third-order valence-corrected chi connectivity index (χ3v) is 3.54. The van der Waals surface area contributed by atoms with Crippen LogP contribution < -0.4 is 0 Å². The van der Waals surface area contributed by atoms with E-state index < -0.39 is 0 Å². The van der Waals surface area contributed by atoms with Gasteiger partial charge in [-0.05, 0) is 49.7 Å². The molecule has 19 heavy (non-hydrogen) atoms. The van der Waals surface area contributed by atoms with Crippen molar-refractivity contribution in [2.45, 2.75) is 46.5 Å². The molecule has 0 radical (unpaired) electrons. The molecule has 0 fully saturated rings. The third-order valence-electron chi connectivity index (χ3n) is 3.54. The van der Waals surface area contributed by atoms with Crippen molar-refractivity contribution in [2.75, 3.05) is 0 Å². The van der Waals surface area contributed by atoms with Crippen molar-refractivity contribution in [1.82, 2.24) is 0 Å². The van der Waals surface area contributed by atoms with Crippen LogP contribution in [0.5, 0.6) is 0 Å². The van der Waals surface area contributed by atoms with Crippen LogP contribution in [0.25, 0.3) is 0 Å². The predicted octanol–water partition coefficient (Wildman–Crippen LogP) is 5.00. The Morgan fingerprint density at radius 2 is 2.16 bits per heavy atom. The molecule has 1 aliphatic carbocycles. The summed E-state index contributed by atoms with van der Waals surface area (Å²) in [4.78, 5) is 11.9. The molecule has 0 aromatic carbocycles. The standard InChI is InChI=1S/C17H25FO/c1-12(2)9-17(19)11-15(13(3)4)10-14-5-7-16(18)8-6-14/h5,7-8,12,14-15H,3,6,9-11H2,1-2,4H3/t14?,15-/m1/s1. The van der Waals surface area contributed by atoms with Crippen molar-refractivity contribution in [3.8, 4) is 0 Å². The number of hydrogen-bond acceptors (Lipinski definition) is 1. The zero-order chi connectivity index (χ0) is 14.4. The molecule has 2 heteroatoms. The number of ketones is 1. The van der Waals surface area contributed by atoms with E-state index in [1.165, 1.54) is 6.08 Å². The van der Waals surface area contributed by atoms with E-state index in [4.69, 9.17) is 0 Å². The van der Waals surface area contributed by atoms with Gasteiger partial charge in [0, 0.05) is 12.8 Å². The predicted molar refractivity (Wildman–Crippen MR) is 78.4 cm³/mol. The van der Waals surface area contributed by atoms with Crippen molar-refractivity contribution < 1.29 is 9.18 Å². The van der Waals surface area contributed by atoms with Gasteiger partial charge in [0.1, 0.15) is 11.6 Å². The lowest BCUT2D eigenvalue weighted by Crippen LogP contribution is -2.15. The normalized spacial score (nSPS) is 20.3. The monoisotopic (exact) mass is 264 g/mol. The molecule has 0 aromatic rings. The second-order valence-corrected chi connectivity index (χ2v) is 6.06. The van der Waals surface area contributed by atoms with Crippen LogP contribution in [0.4, 0.5) is 4.39 Å². The van der Waals surface area contributed by atoms with E-state index in [1.807, 2.05) is 13.0 Å². The van der Waals surface area contributed by atoms with Gasteiger partial charge >= 0.3 is 0 Å². The van der Waals surface area contributed by atoms with E-state index in [1.54, 1.807) is 6.08 Å². The molecule has 0 spiro atoms. The van der Waals surface area contributed by atoms with E-state index in [-0.39, 0.29) is 11.7 Å². The van der Waals surface area contributed by atoms with Gasteiger partial charge in [-0.15, -0.1) is 0 Å². The molecular formula is C17H25FO. The summed E-state index contributed by atoms with van der Waals surface area (Å²) in [6, 6.07) is 0. The molecule has 0 amide bonds. The minimum Gasteiger partial charge on any atom is -0.300 e. The van der Waals surface area contributed by atoms with Gasteiger partial charge in [-0.1, -0.05) is 32.1 Å². The van der Waals surface area contributed by atoms with Gasteiger partial charge in [-0.25, -0.2) is 4.39 Å². The molecule has 1 nitrogen and oxygen atoms in total. The lowest BCUT2D eigenvalue weighted by Gasteiger charge is -2.22. The molecule has 0 heterocycles. The average molecular weight is 264 g/mol. The maximum absolute atomic E-state index is 12.9. The number of allylic oxidation sites excluding steroid dienone is 5. The summed E-state index contributed by atoms with van der Waals surface area (Å²) in [5.74, 6) is 1.11. The molecule has 0 aliphatic heterocycles. The lowest BCUT2D eigenvalue weighted by molar-refractivity contribution is -0.120. The minimum absolute atomic E-state index is 0.154. The Bertz CT molecular complexity index is 390. The summed E-state index contributed by atoms with van der Waals surface area (Å²) in [7, 11) is 0. The van der Waals surface area contributed by atoms with E-state index in [9.17, 15) is 9.18 Å². The van der Waals surface area contributed by atoms with E-state index >= 15 is 0 Å². The Morgan fingerprint density at radius 1 is 1.47 bits per heavy atom. The second-order valence-electron chi connectivity index (χ2n) is 6.06. The van der Waals surface area contributed by atoms with E-state index in [0.717, 1.165) is 18.4 Å². The Hall–Kier alpha value is -1.18. The highest BCUT2D eigenvalue weighted by molar-refractivity contribution is 5.79. The molecule has 0 N–H and O–H groups in total. The Morgan fingerprint density at radius 3 is 2.63 bits per heavy atom. The van der Waals surface area contributed by atoms with Gasteiger partial charge < -0.3 is 0 Å². The van der Waals surface area contributed by atoms with Crippen molar-refractivity contribution in [3.63, 3.8) is 0 Å². The van der Waals surface area contributed by atoms with Gasteiger partial charge in [0.05, 0.1) is 0 Å². The van der Waals surface area contributed by atoms with Gasteiger partial charge in [-0.2, -0.15) is 0 Å². The van der Waals surface area contributed by atoms with Crippen LogP contribution >= 0.6 is 0 Å². The number of Topliss-reactive ketones (excluding diaryl/α,β-unsaturated/α-hetero) is 1. The fourth-order valence-corrected chi connectivity index (χ4v) is 2.45. The summed E-state index contributed by atoms with van der Waals surface area (Å²) in [6.45, 7) is 10.1. The Balaban J connectivity index is 2.52. The summed E-state index contributed by atoms with van der Waals surface area (Å²) < 4.78 is 12.9. The summed E-state index contributed by atoms with van der Waals surface area (Å²) >= 11 is 0. The molecule has 0 bridgehead atoms. The number of carbonyl (C=O) groups is 1. The number of rotatable bonds is 7. The SMILES string of the molecule is C=C(C)[C@@H](CC(=O)CC(C)C)CC1C=CC(F)=CC1. The number of carbonyl (C=O) groups excluding carboxylic acids is 1. The van der Waals surface area contributed by atoms with Crippen LogP contribution in [0.15, 0.2) is 36.2 Å². The minimum atomic E-state index is -0.154. The van der Waals surface area contributed by atoms with Crippen LogP contribution in [0.1, 0.15) is 46.5 Å². The second kappa shape index (κ2) is 7.42. The molecule has 0 saturated carbocycles. The van der Waals surface area contributed by atoms with Gasteiger partial charge in [0.15, 0.2) is 0 Å². The Labute approximate surface area is 116 Å². The third kappa shape index (κ3) is 6.00. The molecule has 1 unspecified atom stereocenters. The quantitative estimate of drug-likeness (QED) is 0.591. The Kier molecular flexibility index (Phi) is 6.20. The maximum atomic E-state index is 12.9. The first kappa shape index (κ1) is 15.9. The summed E-state index contributed by atoms with van der Waals surface area (Å²) in [6.07, 6.45) is 7.89. The van der Waals surface area contributed by atoms with Gasteiger partial charge in [-0.3, -0.25) is 4.79 Å². The zero-order valence-corrected chi connectivity index (χ0v) is 12.3. The highest BCUT2D eigenvalue weighted by Crippen LogP contribution is 2.29. The first-order valence-electron chi connectivity index (χ1n) is 7.09. The smallest absolute Gasteiger partial charge is 0.133 e. The van der Waals surface area contributed by atoms with Gasteiger partial charge in [0.2, 0.25) is 0 Å². The summed E-state index contributed by atoms with van der Waals surface area (Å²) in [5, 5.41) is 0. The fourth-order valence-electron chi connectivity index (χ4n) is 2.45. The number of halogens is 1. The van der Waals surface area contributed by atoms with Crippen molar-refractivity contribution in [2.24, 2.45) is 17.8 Å². The van der Waals surface area contributed by atoms with Crippen LogP contribution in [-0.2, 0) is 4.79 Å².